The number of aryl methyl sites for hydroxylation is 4. The van der Waals surface area contributed by atoms with Gasteiger partial charge in [-0.1, -0.05) is 297 Å². The summed E-state index contributed by atoms with van der Waals surface area (Å²) in [4.78, 5) is 0. The minimum absolute atomic E-state index is 0.0947. The minimum Gasteiger partial charge on any atom is -0.0870 e. The maximum Gasteiger partial charge on any atom is 0.0159 e. The van der Waals surface area contributed by atoms with Crippen molar-refractivity contribution in [3.63, 3.8) is 0 Å². The zero-order valence-corrected chi connectivity index (χ0v) is 53.3. The molecule has 426 valence electrons. The fourth-order valence-corrected chi connectivity index (χ4v) is 12.8. The van der Waals surface area contributed by atoms with Crippen molar-refractivity contribution in [3.05, 3.63) is 279 Å². The highest BCUT2D eigenvalue weighted by atomic mass is 14.4. The number of hydrogen-bond acceptors (Lipinski definition) is 0. The Morgan fingerprint density at radius 2 is 0.940 bits per heavy atom. The van der Waals surface area contributed by atoms with E-state index in [0.717, 1.165) is 6.42 Å². The summed E-state index contributed by atoms with van der Waals surface area (Å²) in [6.07, 6.45) is 17.1. The molecule has 0 aromatic heterocycles. The van der Waals surface area contributed by atoms with Gasteiger partial charge in [0.25, 0.3) is 0 Å². The van der Waals surface area contributed by atoms with Crippen LogP contribution >= 0.6 is 0 Å². The van der Waals surface area contributed by atoms with Crippen LogP contribution in [0, 0.1) is 27.7 Å². The van der Waals surface area contributed by atoms with Crippen LogP contribution in [0.25, 0.3) is 60.5 Å². The SMILES string of the molecule is C/C=C\C(=C(/C)CCC)c1ccc(C(C)C(C)c2ccc3c(c2)C(C)(C)c2cc(-c4cc5c(c6ccccc46)-c4ccc(C)cc4C5(C)C)c4ccccc4c2-3)cc1C.CC1=CCCC=C1.CCC.Cc1ccccc1.Cc1ccccc1. The Labute approximate surface area is 501 Å². The molecule has 0 aliphatic heterocycles. The Morgan fingerprint density at radius 1 is 0.482 bits per heavy atom. The lowest BCUT2D eigenvalue weighted by Crippen LogP contribution is -2.16. The standard InChI is InChI=1S/C59H60.C7H10.2C7H8.C3H8/c1-12-18-36(4)42(19-13-2)43-28-25-40(31-37(43)5)38(6)39(7)41-26-29-49-53(32-41)59(10,11)55-34-51(45-21-15-17-23-47(45)57(49)55)50-33-54-56(46-22-16-14-20-44(46)50)48-27-24-35(3)30-52(48)58(54,8)9;3*1-7-5-3-2-4-6-7;1-3-2/h13-17,19-34,38-39H,12,18H2,1-11H3;3,5-6H,2,4H2,1H3;2*2-6H,1H3;3H2,1-2H3/b19-13-,42-36-;;;;. The second-order valence-electron chi connectivity index (χ2n) is 24.9. The van der Waals surface area contributed by atoms with Gasteiger partial charge in [0.2, 0.25) is 0 Å². The highest BCUT2D eigenvalue weighted by molar-refractivity contribution is 6.15. The van der Waals surface area contributed by atoms with Crippen LogP contribution in [0.4, 0.5) is 0 Å². The first-order valence-electron chi connectivity index (χ1n) is 31.1. The summed E-state index contributed by atoms with van der Waals surface area (Å²) in [6.45, 7) is 36.3. The molecule has 0 saturated carbocycles. The molecule has 0 bridgehead atoms. The van der Waals surface area contributed by atoms with Crippen molar-refractivity contribution in [2.45, 2.75) is 166 Å². The van der Waals surface area contributed by atoms with E-state index >= 15 is 0 Å². The van der Waals surface area contributed by atoms with E-state index in [0.29, 0.717) is 11.8 Å². The summed E-state index contributed by atoms with van der Waals surface area (Å²) in [5.41, 5.74) is 27.5. The Hall–Kier alpha value is -7.54. The maximum absolute atomic E-state index is 2.57. The van der Waals surface area contributed by atoms with Crippen molar-refractivity contribution in [1.82, 2.24) is 0 Å². The number of hydrogen-bond donors (Lipinski definition) is 0. The summed E-state index contributed by atoms with van der Waals surface area (Å²) in [5.74, 6) is 0.734. The zero-order chi connectivity index (χ0) is 59.6. The number of allylic oxidation sites excluding steroid dienone is 8. The highest BCUT2D eigenvalue weighted by Crippen LogP contribution is 2.57. The Bertz CT molecular complexity index is 3790. The van der Waals surface area contributed by atoms with Crippen LogP contribution in [0.1, 0.15) is 188 Å². The molecule has 0 radical (unpaired) electrons. The minimum atomic E-state index is -0.161. The van der Waals surface area contributed by atoms with Gasteiger partial charge >= 0.3 is 0 Å². The average Bonchev–Trinajstić information content (AvgIpc) is 1.77. The van der Waals surface area contributed by atoms with E-state index in [1.54, 1.807) is 0 Å². The summed E-state index contributed by atoms with van der Waals surface area (Å²) in [7, 11) is 0. The van der Waals surface area contributed by atoms with Gasteiger partial charge in [-0.25, -0.2) is 0 Å². The molecule has 0 amide bonds. The molecular formula is C83H94. The summed E-state index contributed by atoms with van der Waals surface area (Å²) < 4.78 is 0. The van der Waals surface area contributed by atoms with E-state index < -0.39 is 0 Å². The highest BCUT2D eigenvalue weighted by Gasteiger charge is 2.40. The number of fused-ring (bicyclic) bond motifs is 10. The van der Waals surface area contributed by atoms with E-state index in [1.807, 2.05) is 36.4 Å². The molecular weight excluding hydrogens is 997 g/mol. The van der Waals surface area contributed by atoms with E-state index in [2.05, 4.69) is 281 Å². The molecule has 12 rings (SSSR count). The van der Waals surface area contributed by atoms with Crippen molar-refractivity contribution in [2.24, 2.45) is 0 Å². The summed E-state index contributed by atoms with van der Waals surface area (Å²) in [5, 5.41) is 5.35. The monoisotopic (exact) mass is 1090 g/mol. The van der Waals surface area contributed by atoms with Crippen LogP contribution in [0.5, 0.6) is 0 Å². The molecule has 0 spiro atoms. The van der Waals surface area contributed by atoms with Crippen molar-refractivity contribution >= 4 is 27.1 Å². The molecule has 2 atom stereocenters. The Kier molecular flexibility index (Phi) is 20.2. The van der Waals surface area contributed by atoms with Gasteiger partial charge in [-0.15, -0.1) is 0 Å². The van der Waals surface area contributed by atoms with Gasteiger partial charge < -0.3 is 0 Å². The lowest BCUT2D eigenvalue weighted by Gasteiger charge is -2.26. The van der Waals surface area contributed by atoms with Crippen LogP contribution in [0.2, 0.25) is 0 Å². The Morgan fingerprint density at radius 3 is 1.36 bits per heavy atom. The third-order valence-electron chi connectivity index (χ3n) is 17.7. The molecule has 3 aliphatic carbocycles. The van der Waals surface area contributed by atoms with Gasteiger partial charge in [0.15, 0.2) is 0 Å². The normalized spacial score (nSPS) is 14.8. The third-order valence-corrected chi connectivity index (χ3v) is 17.7. The van der Waals surface area contributed by atoms with Gasteiger partial charge in [0.05, 0.1) is 0 Å². The maximum atomic E-state index is 2.57. The molecule has 2 unspecified atom stereocenters. The quantitative estimate of drug-likeness (QED) is 0.133. The topological polar surface area (TPSA) is 0 Å². The van der Waals surface area contributed by atoms with Crippen LogP contribution in [0.15, 0.2) is 217 Å². The molecule has 0 fully saturated rings. The van der Waals surface area contributed by atoms with Gasteiger partial charge in [-0.05, 0) is 197 Å². The zero-order valence-electron chi connectivity index (χ0n) is 53.3. The van der Waals surface area contributed by atoms with E-state index in [9.17, 15) is 0 Å². The fourth-order valence-electron chi connectivity index (χ4n) is 12.8. The van der Waals surface area contributed by atoms with Crippen LogP contribution in [0.3, 0.4) is 0 Å². The van der Waals surface area contributed by atoms with E-state index in [4.69, 9.17) is 0 Å². The fraction of sp³-hybridized carbons (Fsp3) is 0.301. The number of benzene rings is 9. The molecule has 9 aromatic rings. The first-order chi connectivity index (χ1) is 39.9. The van der Waals surface area contributed by atoms with Gasteiger partial charge in [-0.2, -0.15) is 0 Å². The predicted molar refractivity (Wildman–Crippen MR) is 368 cm³/mol. The second kappa shape index (κ2) is 27.2. The molecule has 0 nitrogen and oxygen atoms in total. The van der Waals surface area contributed by atoms with Crippen molar-refractivity contribution < 1.29 is 0 Å². The predicted octanol–water partition coefficient (Wildman–Crippen LogP) is 24.6. The van der Waals surface area contributed by atoms with Crippen molar-refractivity contribution in [1.29, 1.82) is 0 Å². The Balaban J connectivity index is 0.000000309. The molecule has 0 heteroatoms. The molecule has 83 heavy (non-hydrogen) atoms. The van der Waals surface area contributed by atoms with Crippen LogP contribution < -0.4 is 0 Å². The molecule has 0 saturated heterocycles. The van der Waals surface area contributed by atoms with E-state index in [1.165, 1.54) is 159 Å². The van der Waals surface area contributed by atoms with Crippen LogP contribution in [-0.2, 0) is 10.8 Å². The second-order valence-corrected chi connectivity index (χ2v) is 24.9. The van der Waals surface area contributed by atoms with Crippen LogP contribution in [-0.4, -0.2) is 0 Å². The molecule has 9 aromatic carbocycles. The summed E-state index contributed by atoms with van der Waals surface area (Å²) in [6, 6.07) is 65.6. The number of rotatable bonds is 8. The lowest BCUT2D eigenvalue weighted by molar-refractivity contribution is 0.616. The lowest BCUT2D eigenvalue weighted by atomic mass is 9.77. The first kappa shape index (κ1) is 61.5. The van der Waals surface area contributed by atoms with E-state index in [-0.39, 0.29) is 10.8 Å². The third kappa shape index (κ3) is 13.3. The summed E-state index contributed by atoms with van der Waals surface area (Å²) >= 11 is 0. The van der Waals surface area contributed by atoms with Crippen molar-refractivity contribution in [2.75, 3.05) is 0 Å². The molecule has 0 heterocycles. The van der Waals surface area contributed by atoms with Gasteiger partial charge in [0, 0.05) is 10.8 Å². The van der Waals surface area contributed by atoms with Crippen molar-refractivity contribution in [3.8, 4) is 33.4 Å². The largest absolute Gasteiger partial charge is 0.0870 e. The molecule has 3 aliphatic rings. The van der Waals surface area contributed by atoms with Gasteiger partial charge in [0.1, 0.15) is 0 Å². The smallest absolute Gasteiger partial charge is 0.0159 e. The average molecular weight is 1090 g/mol. The first-order valence-corrected chi connectivity index (χ1v) is 31.1. The molecule has 0 N–H and O–H groups in total. The van der Waals surface area contributed by atoms with Gasteiger partial charge in [-0.3, -0.25) is 0 Å².